The molecule has 1 saturated heterocycles. The molecule has 1 heterocycles. The van der Waals surface area contributed by atoms with Crippen molar-refractivity contribution in [1.82, 2.24) is 5.32 Å². The van der Waals surface area contributed by atoms with Crippen LogP contribution in [0.1, 0.15) is 19.8 Å². The molecule has 1 aliphatic heterocycles. The van der Waals surface area contributed by atoms with Crippen molar-refractivity contribution in [1.29, 1.82) is 0 Å². The van der Waals surface area contributed by atoms with Gasteiger partial charge in [0.2, 0.25) is 0 Å². The van der Waals surface area contributed by atoms with Crippen molar-refractivity contribution < 1.29 is 4.74 Å². The second-order valence-corrected chi connectivity index (χ2v) is 4.27. The summed E-state index contributed by atoms with van der Waals surface area (Å²) in [5.41, 5.74) is 6.58. The molecule has 0 aromatic heterocycles. The molecule has 0 aromatic carbocycles. The molecule has 0 aromatic rings. The highest BCUT2D eigenvalue weighted by Crippen LogP contribution is 2.23. The van der Waals surface area contributed by atoms with Crippen LogP contribution in [-0.4, -0.2) is 37.6 Å². The van der Waals surface area contributed by atoms with Crippen molar-refractivity contribution in [2.24, 2.45) is 10.7 Å². The van der Waals surface area contributed by atoms with E-state index in [1.165, 1.54) is 12.8 Å². The summed E-state index contributed by atoms with van der Waals surface area (Å²) in [5, 5.41) is 3.32. The Kier molecular flexibility index (Phi) is 3.38. The Balaban J connectivity index is 1.92. The predicted molar refractivity (Wildman–Crippen MR) is 61.0 cm³/mol. The van der Waals surface area contributed by atoms with Gasteiger partial charge in [-0.15, -0.1) is 0 Å². The highest BCUT2D eigenvalue weighted by atomic mass is 16.5. The Morgan fingerprint density at radius 2 is 2.27 bits per heavy atom. The topological polar surface area (TPSA) is 59.6 Å². The minimum Gasteiger partial charge on any atom is -0.404 e. The summed E-state index contributed by atoms with van der Waals surface area (Å²) >= 11 is 0. The van der Waals surface area contributed by atoms with Gasteiger partial charge >= 0.3 is 0 Å². The number of hydrogen-bond donors (Lipinski definition) is 2. The maximum absolute atomic E-state index is 5.79. The molecule has 15 heavy (non-hydrogen) atoms. The molecule has 0 radical (unpaired) electrons. The molecule has 4 nitrogen and oxygen atoms in total. The lowest BCUT2D eigenvalue weighted by Gasteiger charge is -2.29. The third-order valence-electron chi connectivity index (χ3n) is 2.70. The van der Waals surface area contributed by atoms with E-state index in [1.54, 1.807) is 6.20 Å². The molecule has 0 spiro atoms. The molecular weight excluding hydrogens is 190 g/mol. The van der Waals surface area contributed by atoms with Crippen LogP contribution in [0.4, 0.5) is 0 Å². The zero-order chi connectivity index (χ0) is 10.7. The van der Waals surface area contributed by atoms with Crippen molar-refractivity contribution in [3.63, 3.8) is 0 Å². The standard InChI is InChI=1S/C11H19N3O/c1-8-5-13-7-11(15-8)9(4-12)6-14-10-2-3-10/h4,6,8,10-11,13H,2-3,5,7,12H2,1H3/b9-4+,14-6?/t8-,11-/m1/s1. The number of nitrogens with two attached hydrogens (primary N) is 1. The van der Waals surface area contributed by atoms with E-state index in [2.05, 4.69) is 17.2 Å². The normalized spacial score (nSPS) is 33.5. The zero-order valence-electron chi connectivity index (χ0n) is 9.15. The molecule has 2 atom stereocenters. The minimum atomic E-state index is 0.0567. The number of ether oxygens (including phenoxy) is 1. The van der Waals surface area contributed by atoms with Crippen LogP contribution in [0.5, 0.6) is 0 Å². The Morgan fingerprint density at radius 1 is 1.47 bits per heavy atom. The molecule has 0 amide bonds. The minimum absolute atomic E-state index is 0.0567. The molecule has 3 N–H and O–H groups in total. The molecule has 2 rings (SSSR count). The lowest BCUT2D eigenvalue weighted by molar-refractivity contribution is -0.00444. The highest BCUT2D eigenvalue weighted by Gasteiger charge is 2.23. The maximum Gasteiger partial charge on any atom is 0.0982 e. The van der Waals surface area contributed by atoms with Crippen LogP contribution in [0, 0.1) is 0 Å². The second-order valence-electron chi connectivity index (χ2n) is 4.27. The third kappa shape index (κ3) is 3.04. The SMILES string of the molecule is C[C@@H]1CNC[C@H](/C(C=NC2CC2)=C/N)O1. The van der Waals surface area contributed by atoms with E-state index in [4.69, 9.17) is 10.5 Å². The van der Waals surface area contributed by atoms with Crippen molar-refractivity contribution in [3.05, 3.63) is 11.8 Å². The van der Waals surface area contributed by atoms with Gasteiger partial charge in [-0.1, -0.05) is 0 Å². The van der Waals surface area contributed by atoms with E-state index in [0.29, 0.717) is 6.04 Å². The van der Waals surface area contributed by atoms with Crippen LogP contribution < -0.4 is 11.1 Å². The van der Waals surface area contributed by atoms with Gasteiger partial charge in [-0.2, -0.15) is 0 Å². The fraction of sp³-hybridized carbons (Fsp3) is 0.727. The first kappa shape index (κ1) is 10.6. The summed E-state index contributed by atoms with van der Waals surface area (Å²) < 4.78 is 5.79. The summed E-state index contributed by atoms with van der Waals surface area (Å²) in [6.45, 7) is 3.80. The molecule has 84 valence electrons. The smallest absolute Gasteiger partial charge is 0.0982 e. The zero-order valence-corrected chi connectivity index (χ0v) is 9.15. The number of aliphatic imine (C=N–C) groups is 1. The lowest BCUT2D eigenvalue weighted by Crippen LogP contribution is -2.44. The van der Waals surface area contributed by atoms with Crippen LogP contribution in [0.15, 0.2) is 16.8 Å². The maximum atomic E-state index is 5.79. The first-order valence-electron chi connectivity index (χ1n) is 5.60. The molecule has 0 unspecified atom stereocenters. The molecule has 1 saturated carbocycles. The summed E-state index contributed by atoms with van der Waals surface area (Å²) in [6.07, 6.45) is 6.22. The monoisotopic (exact) mass is 209 g/mol. The van der Waals surface area contributed by atoms with Gasteiger partial charge in [-0.05, 0) is 19.8 Å². The summed E-state index contributed by atoms with van der Waals surface area (Å²) in [6, 6.07) is 0.536. The average Bonchev–Trinajstić information content (AvgIpc) is 3.03. The van der Waals surface area contributed by atoms with E-state index in [1.807, 2.05) is 6.21 Å². The highest BCUT2D eigenvalue weighted by molar-refractivity contribution is 5.80. The Morgan fingerprint density at radius 3 is 2.87 bits per heavy atom. The van der Waals surface area contributed by atoms with E-state index in [-0.39, 0.29) is 12.2 Å². The molecular formula is C11H19N3O. The van der Waals surface area contributed by atoms with Gasteiger partial charge < -0.3 is 15.8 Å². The van der Waals surface area contributed by atoms with Crippen LogP contribution in [0.2, 0.25) is 0 Å². The van der Waals surface area contributed by atoms with E-state index < -0.39 is 0 Å². The van der Waals surface area contributed by atoms with Crippen LogP contribution in [-0.2, 0) is 4.74 Å². The number of hydrogen-bond acceptors (Lipinski definition) is 4. The first-order chi connectivity index (χ1) is 7.29. The quantitative estimate of drug-likeness (QED) is 0.663. The fourth-order valence-electron chi connectivity index (χ4n) is 1.64. The van der Waals surface area contributed by atoms with Crippen molar-refractivity contribution >= 4 is 6.21 Å². The molecule has 1 aliphatic carbocycles. The van der Waals surface area contributed by atoms with E-state index >= 15 is 0 Å². The first-order valence-corrected chi connectivity index (χ1v) is 5.60. The van der Waals surface area contributed by atoms with Crippen molar-refractivity contribution in [2.75, 3.05) is 13.1 Å². The lowest BCUT2D eigenvalue weighted by atomic mass is 10.1. The van der Waals surface area contributed by atoms with Gasteiger partial charge in [0.1, 0.15) is 0 Å². The average molecular weight is 209 g/mol. The summed E-state index contributed by atoms with van der Waals surface area (Å²) in [4.78, 5) is 4.43. The Labute approximate surface area is 90.6 Å². The van der Waals surface area contributed by atoms with Gasteiger partial charge in [0.25, 0.3) is 0 Å². The molecule has 0 bridgehead atoms. The molecule has 2 fully saturated rings. The fourth-order valence-corrected chi connectivity index (χ4v) is 1.64. The second kappa shape index (κ2) is 4.77. The Hall–Kier alpha value is -0.870. The largest absolute Gasteiger partial charge is 0.404 e. The number of nitrogens with one attached hydrogen (secondary N) is 1. The van der Waals surface area contributed by atoms with Gasteiger partial charge in [0.05, 0.1) is 18.2 Å². The molecule has 4 heteroatoms. The van der Waals surface area contributed by atoms with Crippen molar-refractivity contribution in [3.8, 4) is 0 Å². The third-order valence-corrected chi connectivity index (χ3v) is 2.70. The van der Waals surface area contributed by atoms with E-state index in [0.717, 1.165) is 18.7 Å². The van der Waals surface area contributed by atoms with Gasteiger partial charge in [-0.25, -0.2) is 0 Å². The van der Waals surface area contributed by atoms with Gasteiger partial charge in [0, 0.05) is 31.1 Å². The van der Waals surface area contributed by atoms with Gasteiger partial charge in [0.15, 0.2) is 0 Å². The molecule has 2 aliphatic rings. The number of morpholine rings is 1. The predicted octanol–water partition coefficient (Wildman–Crippen LogP) is 0.439. The number of nitrogens with zero attached hydrogens (tertiary/aromatic N) is 1. The van der Waals surface area contributed by atoms with Crippen LogP contribution >= 0.6 is 0 Å². The van der Waals surface area contributed by atoms with Crippen LogP contribution in [0.3, 0.4) is 0 Å². The Bertz CT molecular complexity index is 271. The van der Waals surface area contributed by atoms with Crippen molar-refractivity contribution in [2.45, 2.75) is 38.0 Å². The van der Waals surface area contributed by atoms with Crippen LogP contribution in [0.25, 0.3) is 0 Å². The number of rotatable bonds is 3. The summed E-state index contributed by atoms with van der Waals surface area (Å²) in [7, 11) is 0. The van der Waals surface area contributed by atoms with E-state index in [9.17, 15) is 0 Å². The summed E-state index contributed by atoms with van der Waals surface area (Å²) in [5.74, 6) is 0. The van der Waals surface area contributed by atoms with Gasteiger partial charge in [-0.3, -0.25) is 4.99 Å².